The van der Waals surface area contributed by atoms with Crippen molar-refractivity contribution in [2.24, 2.45) is 0 Å². The Morgan fingerprint density at radius 1 is 1.65 bits per heavy atom. The lowest BCUT2D eigenvalue weighted by atomic mass is 10.2. The first-order chi connectivity index (χ1) is 9.52. The van der Waals surface area contributed by atoms with E-state index in [9.17, 15) is 9.59 Å². The van der Waals surface area contributed by atoms with Crippen LogP contribution in [-0.4, -0.2) is 50.8 Å². The van der Waals surface area contributed by atoms with Crippen molar-refractivity contribution in [1.82, 2.24) is 10.1 Å². The molecular formula is C12H16N2O5S. The van der Waals surface area contributed by atoms with E-state index in [1.165, 1.54) is 16.7 Å². The molecule has 0 spiro atoms. The van der Waals surface area contributed by atoms with E-state index in [-0.39, 0.29) is 23.8 Å². The van der Waals surface area contributed by atoms with Crippen molar-refractivity contribution < 1.29 is 24.0 Å². The first kappa shape index (κ1) is 14.7. The van der Waals surface area contributed by atoms with E-state index in [1.807, 2.05) is 6.92 Å². The van der Waals surface area contributed by atoms with Crippen LogP contribution in [0.2, 0.25) is 0 Å². The molecule has 2 unspecified atom stereocenters. The minimum absolute atomic E-state index is 0.119. The molecule has 8 heteroatoms. The van der Waals surface area contributed by atoms with Crippen molar-refractivity contribution >= 4 is 23.6 Å². The number of carbonyl (C=O) groups is 2. The Balaban J connectivity index is 2.00. The number of carbonyl (C=O) groups excluding carboxylic acids is 1. The number of aryl methyl sites for hydroxylation is 1. The average Bonchev–Trinajstić information content (AvgIpc) is 3.01. The van der Waals surface area contributed by atoms with Crippen LogP contribution in [0.15, 0.2) is 10.6 Å². The predicted molar refractivity (Wildman–Crippen MR) is 71.5 cm³/mol. The number of hydrogen-bond donors (Lipinski definition) is 1. The summed E-state index contributed by atoms with van der Waals surface area (Å²) in [5.41, 5.74) is 0. The number of carboxylic acid groups (broad SMARTS) is 1. The van der Waals surface area contributed by atoms with Gasteiger partial charge in [0.2, 0.25) is 0 Å². The van der Waals surface area contributed by atoms with Crippen LogP contribution in [0.25, 0.3) is 0 Å². The Kier molecular flexibility index (Phi) is 4.53. The van der Waals surface area contributed by atoms with E-state index in [2.05, 4.69) is 5.16 Å². The number of rotatable bonds is 5. The van der Waals surface area contributed by atoms with Crippen LogP contribution >= 0.6 is 11.8 Å². The summed E-state index contributed by atoms with van der Waals surface area (Å²) >= 11 is 1.48. The number of amides is 1. The molecule has 1 aromatic rings. The van der Waals surface area contributed by atoms with Gasteiger partial charge in [-0.2, -0.15) is 0 Å². The number of hydrogen-bond acceptors (Lipinski definition) is 6. The largest absolute Gasteiger partial charge is 0.480 e. The molecule has 2 rings (SSSR count). The van der Waals surface area contributed by atoms with Crippen LogP contribution < -0.4 is 4.74 Å². The lowest BCUT2D eigenvalue weighted by molar-refractivity contribution is -0.150. The van der Waals surface area contributed by atoms with Crippen molar-refractivity contribution in [3.8, 4) is 5.88 Å². The van der Waals surface area contributed by atoms with Gasteiger partial charge < -0.3 is 19.3 Å². The highest BCUT2D eigenvalue weighted by molar-refractivity contribution is 8.00. The molecule has 1 aromatic heterocycles. The van der Waals surface area contributed by atoms with Gasteiger partial charge in [0.15, 0.2) is 6.61 Å². The van der Waals surface area contributed by atoms with Crippen molar-refractivity contribution in [3.63, 3.8) is 0 Å². The molecule has 1 aliphatic rings. The Bertz CT molecular complexity index is 504. The van der Waals surface area contributed by atoms with Crippen LogP contribution in [0.1, 0.15) is 19.1 Å². The lowest BCUT2D eigenvalue weighted by Crippen LogP contribution is -2.47. The van der Waals surface area contributed by atoms with Gasteiger partial charge in [-0.15, -0.1) is 11.8 Å². The lowest BCUT2D eigenvalue weighted by Gasteiger charge is -2.26. The van der Waals surface area contributed by atoms with Gasteiger partial charge in [-0.3, -0.25) is 4.79 Å². The molecule has 0 aliphatic carbocycles. The molecule has 1 fully saturated rings. The zero-order chi connectivity index (χ0) is 14.7. The van der Waals surface area contributed by atoms with Gasteiger partial charge >= 0.3 is 5.97 Å². The molecule has 1 aliphatic heterocycles. The van der Waals surface area contributed by atoms with Gasteiger partial charge in [0.25, 0.3) is 11.8 Å². The maximum absolute atomic E-state index is 12.2. The van der Waals surface area contributed by atoms with Crippen molar-refractivity contribution in [1.29, 1.82) is 0 Å². The quantitative estimate of drug-likeness (QED) is 0.871. The van der Waals surface area contributed by atoms with Gasteiger partial charge in [0.1, 0.15) is 11.8 Å². The molecule has 1 N–H and O–H groups in total. The number of ether oxygens (including phenoxy) is 1. The summed E-state index contributed by atoms with van der Waals surface area (Å²) in [7, 11) is 0. The summed E-state index contributed by atoms with van der Waals surface area (Å²) < 4.78 is 10.0. The molecule has 7 nitrogen and oxygen atoms in total. The van der Waals surface area contributed by atoms with E-state index >= 15 is 0 Å². The van der Waals surface area contributed by atoms with Gasteiger partial charge in [-0.1, -0.05) is 6.92 Å². The number of aliphatic carboxylic acids is 1. The number of aromatic nitrogens is 1. The minimum Gasteiger partial charge on any atom is -0.480 e. The fourth-order valence-electron chi connectivity index (χ4n) is 2.02. The molecule has 0 radical (unpaired) electrons. The second-order valence-corrected chi connectivity index (χ2v) is 5.63. The van der Waals surface area contributed by atoms with Gasteiger partial charge in [0.05, 0.1) is 5.37 Å². The summed E-state index contributed by atoms with van der Waals surface area (Å²) in [5, 5.41) is 12.7. The molecule has 110 valence electrons. The molecule has 0 saturated carbocycles. The molecule has 0 aromatic carbocycles. The number of carboxylic acids is 1. The highest BCUT2D eigenvalue weighted by Gasteiger charge is 2.40. The smallest absolute Gasteiger partial charge is 0.327 e. The first-order valence-electron chi connectivity index (χ1n) is 6.24. The summed E-state index contributed by atoms with van der Waals surface area (Å²) in [4.78, 5) is 24.7. The monoisotopic (exact) mass is 300 g/mol. The number of thioether (sulfide) groups is 1. The van der Waals surface area contributed by atoms with Crippen LogP contribution in [0.5, 0.6) is 5.88 Å². The molecule has 20 heavy (non-hydrogen) atoms. The van der Waals surface area contributed by atoms with E-state index in [1.54, 1.807) is 13.0 Å². The maximum Gasteiger partial charge on any atom is 0.327 e. The molecule has 1 amide bonds. The van der Waals surface area contributed by atoms with Gasteiger partial charge in [-0.05, 0) is 18.5 Å². The summed E-state index contributed by atoms with van der Waals surface area (Å²) in [6, 6.07) is 0.776. The fraction of sp³-hybridized carbons (Fsp3) is 0.583. The van der Waals surface area contributed by atoms with Gasteiger partial charge in [-0.25, -0.2) is 4.79 Å². The minimum atomic E-state index is -0.987. The average molecular weight is 300 g/mol. The summed E-state index contributed by atoms with van der Waals surface area (Å²) in [5.74, 6) is -0.126. The third-order valence-corrected chi connectivity index (χ3v) is 4.42. The second-order valence-electron chi connectivity index (χ2n) is 4.42. The van der Waals surface area contributed by atoms with E-state index < -0.39 is 12.0 Å². The third kappa shape index (κ3) is 3.06. The molecule has 1 saturated heterocycles. The second kappa shape index (κ2) is 6.17. The van der Waals surface area contributed by atoms with E-state index in [0.717, 1.165) is 0 Å². The Morgan fingerprint density at radius 2 is 2.40 bits per heavy atom. The van der Waals surface area contributed by atoms with Crippen molar-refractivity contribution in [2.75, 3.05) is 12.4 Å². The highest BCUT2D eigenvalue weighted by Crippen LogP contribution is 2.31. The Labute approximate surface area is 120 Å². The van der Waals surface area contributed by atoms with Crippen LogP contribution in [0.3, 0.4) is 0 Å². The fourth-order valence-corrected chi connectivity index (χ4v) is 3.39. The Morgan fingerprint density at radius 3 is 2.95 bits per heavy atom. The van der Waals surface area contributed by atoms with E-state index in [4.69, 9.17) is 14.4 Å². The summed E-state index contributed by atoms with van der Waals surface area (Å²) in [6.07, 6.45) is 0.698. The predicted octanol–water partition coefficient (Wildman–Crippen LogP) is 1.13. The van der Waals surface area contributed by atoms with Gasteiger partial charge in [0, 0.05) is 11.8 Å². The standard InChI is InChI=1S/C12H16N2O5S/c1-3-11-14(8(6-20-11)12(16)17)10(15)5-18-9-4-7(2)19-13-9/h4,8,11H,3,5-6H2,1-2H3,(H,16,17). The molecular weight excluding hydrogens is 284 g/mol. The SMILES string of the molecule is CCC1SCC(C(=O)O)N1C(=O)COc1cc(C)on1. The normalized spacial score (nSPS) is 22.0. The van der Waals surface area contributed by atoms with Crippen LogP contribution in [0, 0.1) is 6.92 Å². The topological polar surface area (TPSA) is 92.9 Å². The molecule has 2 atom stereocenters. The van der Waals surface area contributed by atoms with E-state index in [0.29, 0.717) is 17.9 Å². The van der Waals surface area contributed by atoms with Crippen LogP contribution in [-0.2, 0) is 9.59 Å². The molecule has 2 heterocycles. The zero-order valence-electron chi connectivity index (χ0n) is 11.2. The summed E-state index contributed by atoms with van der Waals surface area (Å²) in [6.45, 7) is 3.39. The van der Waals surface area contributed by atoms with Crippen molar-refractivity contribution in [3.05, 3.63) is 11.8 Å². The van der Waals surface area contributed by atoms with Crippen molar-refractivity contribution in [2.45, 2.75) is 31.7 Å². The number of nitrogens with zero attached hydrogens (tertiary/aromatic N) is 2. The highest BCUT2D eigenvalue weighted by atomic mass is 32.2. The first-order valence-corrected chi connectivity index (χ1v) is 7.29. The zero-order valence-corrected chi connectivity index (χ0v) is 12.1. The third-order valence-electron chi connectivity index (χ3n) is 2.96. The Hall–Kier alpha value is -1.70. The van der Waals surface area contributed by atoms with Crippen LogP contribution in [0.4, 0.5) is 0 Å². The molecule has 0 bridgehead atoms. The maximum atomic E-state index is 12.2.